The van der Waals surface area contributed by atoms with Crippen molar-refractivity contribution < 1.29 is 30.8 Å². The summed E-state index contributed by atoms with van der Waals surface area (Å²) in [5, 5.41) is 3.38. The van der Waals surface area contributed by atoms with Crippen LogP contribution in [-0.2, 0) is 16.2 Å². The summed E-state index contributed by atoms with van der Waals surface area (Å²) in [6, 6.07) is 8.45. The Hall–Kier alpha value is -2.53. The van der Waals surface area contributed by atoms with Crippen molar-refractivity contribution in [3.05, 3.63) is 47.0 Å². The van der Waals surface area contributed by atoms with Crippen molar-refractivity contribution in [2.75, 3.05) is 11.8 Å². The van der Waals surface area contributed by atoms with Gasteiger partial charge in [-0.1, -0.05) is 17.3 Å². The van der Waals surface area contributed by atoms with Gasteiger partial charge in [-0.2, -0.15) is 13.2 Å². The Morgan fingerprint density at radius 3 is 2.56 bits per heavy atom. The summed E-state index contributed by atoms with van der Waals surface area (Å²) in [7, 11) is -2.58. The molecule has 3 aromatic rings. The average Bonchev–Trinajstić information content (AvgIpc) is 3.21. The van der Waals surface area contributed by atoms with Gasteiger partial charge in [0.05, 0.1) is 17.7 Å². The molecule has 0 saturated heterocycles. The average molecular weight is 418 g/mol. The Bertz CT molecular complexity index is 1070. The summed E-state index contributed by atoms with van der Waals surface area (Å²) in [6.07, 6.45) is -4.67. The first-order valence-electron chi connectivity index (χ1n) is 7.42. The van der Waals surface area contributed by atoms with Crippen LogP contribution in [0, 0.1) is 6.92 Å². The van der Waals surface area contributed by atoms with Crippen LogP contribution in [0.4, 0.5) is 18.9 Å². The molecular weight excluding hydrogens is 405 g/mol. The summed E-state index contributed by atoms with van der Waals surface area (Å²) < 4.78 is 75.2. The second-order valence-corrected chi connectivity index (χ2v) is 8.32. The first kappa shape index (κ1) is 19.2. The van der Waals surface area contributed by atoms with Gasteiger partial charge in [-0.25, -0.2) is 8.42 Å². The summed E-state index contributed by atoms with van der Waals surface area (Å²) in [4.78, 5) is 0.570. The maximum Gasteiger partial charge on any atom is 0.452 e. The van der Waals surface area contributed by atoms with Gasteiger partial charge in [0.15, 0.2) is 0 Å². The standard InChI is InChI=1S/C16H13F3N2O4S2/c1-9-14(27(22,23)21-10-5-3-4-6-12(10)24-2)8-13(26-9)11-7-15(25-20-11)16(17,18)19/h3-8,21H,1-2H3. The number of para-hydroxylation sites is 2. The van der Waals surface area contributed by atoms with Crippen molar-refractivity contribution in [3.63, 3.8) is 0 Å². The number of methoxy groups -OCH3 is 1. The van der Waals surface area contributed by atoms with Crippen molar-refractivity contribution in [3.8, 4) is 16.3 Å². The third-order valence-corrected chi connectivity index (χ3v) is 6.25. The second-order valence-electron chi connectivity index (χ2n) is 5.41. The molecule has 0 aliphatic rings. The number of benzene rings is 1. The van der Waals surface area contributed by atoms with Crippen LogP contribution in [0.15, 0.2) is 45.8 Å². The highest BCUT2D eigenvalue weighted by atomic mass is 32.2. The molecule has 1 aromatic carbocycles. The maximum atomic E-state index is 12.7. The Balaban J connectivity index is 1.95. The number of hydrogen-bond acceptors (Lipinski definition) is 6. The van der Waals surface area contributed by atoms with E-state index in [1.165, 1.54) is 19.2 Å². The summed E-state index contributed by atoms with van der Waals surface area (Å²) in [5.74, 6) is -0.916. The Morgan fingerprint density at radius 1 is 1.22 bits per heavy atom. The SMILES string of the molecule is COc1ccccc1NS(=O)(=O)c1cc(-c2cc(C(F)(F)F)on2)sc1C. The number of sulfonamides is 1. The summed E-state index contributed by atoms with van der Waals surface area (Å²) >= 11 is 0.999. The van der Waals surface area contributed by atoms with E-state index in [-0.39, 0.29) is 21.2 Å². The van der Waals surface area contributed by atoms with Crippen molar-refractivity contribution >= 4 is 27.0 Å². The van der Waals surface area contributed by atoms with Crippen LogP contribution in [0.1, 0.15) is 10.6 Å². The number of nitrogens with one attached hydrogen (secondary N) is 1. The van der Waals surface area contributed by atoms with Crippen LogP contribution in [0.25, 0.3) is 10.6 Å². The molecule has 11 heteroatoms. The van der Waals surface area contributed by atoms with Gasteiger partial charge in [-0.15, -0.1) is 11.3 Å². The van der Waals surface area contributed by atoms with Gasteiger partial charge in [-0.3, -0.25) is 4.72 Å². The molecule has 0 unspecified atom stereocenters. The highest BCUT2D eigenvalue weighted by Gasteiger charge is 2.36. The monoisotopic (exact) mass is 418 g/mol. The zero-order valence-electron chi connectivity index (χ0n) is 14.0. The van der Waals surface area contributed by atoms with Crippen molar-refractivity contribution in [1.82, 2.24) is 5.16 Å². The molecule has 0 fully saturated rings. The number of halogens is 3. The molecule has 0 aliphatic carbocycles. The predicted molar refractivity (Wildman–Crippen MR) is 93.4 cm³/mol. The Morgan fingerprint density at radius 2 is 1.93 bits per heavy atom. The lowest BCUT2D eigenvalue weighted by Crippen LogP contribution is -2.13. The van der Waals surface area contributed by atoms with Crippen LogP contribution in [-0.4, -0.2) is 20.7 Å². The van der Waals surface area contributed by atoms with E-state index in [2.05, 4.69) is 14.4 Å². The molecule has 2 heterocycles. The molecule has 0 spiro atoms. The molecule has 6 nitrogen and oxygen atoms in total. The topological polar surface area (TPSA) is 81.4 Å². The molecule has 1 N–H and O–H groups in total. The molecule has 2 aromatic heterocycles. The van der Waals surface area contributed by atoms with E-state index in [1.54, 1.807) is 25.1 Å². The number of nitrogens with zero attached hydrogens (tertiary/aromatic N) is 1. The van der Waals surface area contributed by atoms with Crippen molar-refractivity contribution in [2.24, 2.45) is 0 Å². The highest BCUT2D eigenvalue weighted by molar-refractivity contribution is 7.93. The van der Waals surface area contributed by atoms with Crippen LogP contribution < -0.4 is 9.46 Å². The second kappa shape index (κ2) is 6.89. The highest BCUT2D eigenvalue weighted by Crippen LogP contribution is 2.37. The fraction of sp³-hybridized carbons (Fsp3) is 0.188. The van der Waals surface area contributed by atoms with E-state index >= 15 is 0 Å². The smallest absolute Gasteiger partial charge is 0.452 e. The van der Waals surface area contributed by atoms with Gasteiger partial charge in [0.25, 0.3) is 10.0 Å². The number of anilines is 1. The van der Waals surface area contributed by atoms with Gasteiger partial charge in [0.1, 0.15) is 16.3 Å². The lowest BCUT2D eigenvalue weighted by molar-refractivity contribution is -0.155. The van der Waals surface area contributed by atoms with Gasteiger partial charge in [0, 0.05) is 10.9 Å². The van der Waals surface area contributed by atoms with E-state index in [4.69, 9.17) is 4.74 Å². The number of rotatable bonds is 5. The normalized spacial score (nSPS) is 12.2. The first-order valence-corrected chi connectivity index (χ1v) is 9.72. The number of hydrogen-bond donors (Lipinski definition) is 1. The van der Waals surface area contributed by atoms with Gasteiger partial charge in [0.2, 0.25) is 5.76 Å². The maximum absolute atomic E-state index is 12.7. The van der Waals surface area contributed by atoms with Crippen molar-refractivity contribution in [2.45, 2.75) is 18.0 Å². The molecule has 3 rings (SSSR count). The lowest BCUT2D eigenvalue weighted by atomic mass is 10.3. The molecule has 0 bridgehead atoms. The molecule has 0 aliphatic heterocycles. The van der Waals surface area contributed by atoms with Gasteiger partial charge >= 0.3 is 6.18 Å². The molecule has 0 radical (unpaired) electrons. The van der Waals surface area contributed by atoms with E-state index in [9.17, 15) is 21.6 Å². The quantitative estimate of drug-likeness (QED) is 0.658. The molecule has 144 valence electrons. The third-order valence-electron chi connectivity index (χ3n) is 3.56. The first-order chi connectivity index (χ1) is 12.6. The van der Waals surface area contributed by atoms with Gasteiger partial charge < -0.3 is 9.26 Å². The van der Waals surface area contributed by atoms with E-state index in [0.717, 1.165) is 17.4 Å². The van der Waals surface area contributed by atoms with E-state index in [1.807, 2.05) is 0 Å². The summed E-state index contributed by atoms with van der Waals surface area (Å²) in [5.41, 5.74) is 0.155. The largest absolute Gasteiger partial charge is 0.495 e. The number of aryl methyl sites for hydroxylation is 1. The minimum absolute atomic E-state index is 0.0648. The van der Waals surface area contributed by atoms with E-state index in [0.29, 0.717) is 10.6 Å². The van der Waals surface area contributed by atoms with Crippen molar-refractivity contribution in [1.29, 1.82) is 0 Å². The fourth-order valence-electron chi connectivity index (χ4n) is 2.31. The molecule has 27 heavy (non-hydrogen) atoms. The van der Waals surface area contributed by atoms with Crippen LogP contribution in [0.5, 0.6) is 5.75 Å². The van der Waals surface area contributed by atoms with E-state index < -0.39 is 22.0 Å². The number of thiophene rings is 1. The molecule has 0 amide bonds. The summed E-state index contributed by atoms with van der Waals surface area (Å²) in [6.45, 7) is 1.55. The molecular formula is C16H13F3N2O4S2. The minimum atomic E-state index is -4.67. The van der Waals surface area contributed by atoms with Crippen LogP contribution in [0.2, 0.25) is 0 Å². The Kier molecular flexibility index (Phi) is 4.91. The zero-order valence-corrected chi connectivity index (χ0v) is 15.6. The van der Waals surface area contributed by atoms with Crippen LogP contribution >= 0.6 is 11.3 Å². The number of alkyl halides is 3. The fourth-order valence-corrected chi connectivity index (χ4v) is 4.93. The zero-order chi connectivity index (χ0) is 19.8. The Labute approximate surface area is 156 Å². The van der Waals surface area contributed by atoms with Gasteiger partial charge in [-0.05, 0) is 25.1 Å². The molecule has 0 atom stereocenters. The third kappa shape index (κ3) is 3.93. The molecule has 0 saturated carbocycles. The number of aromatic nitrogens is 1. The minimum Gasteiger partial charge on any atom is -0.495 e. The number of ether oxygens (including phenoxy) is 1. The van der Waals surface area contributed by atoms with Crippen LogP contribution in [0.3, 0.4) is 0 Å². The predicted octanol–water partition coefficient (Wildman–Crippen LogP) is 4.54. The lowest BCUT2D eigenvalue weighted by Gasteiger charge is -2.11.